The fraction of sp³-hybridized carbons (Fsp3) is 0.938. The number of nitriles is 1. The second kappa shape index (κ2) is 8.55. The van der Waals surface area contributed by atoms with Crippen LogP contribution in [0.4, 0.5) is 0 Å². The van der Waals surface area contributed by atoms with Crippen molar-refractivity contribution in [3.05, 3.63) is 0 Å². The SMILES string of the molecule is CC(CNCC(C)(C)CCC#N)CN1CCCCC1. The monoisotopic (exact) mass is 265 g/mol. The van der Waals surface area contributed by atoms with Gasteiger partial charge in [-0.25, -0.2) is 0 Å². The third kappa shape index (κ3) is 7.54. The summed E-state index contributed by atoms with van der Waals surface area (Å²) < 4.78 is 0. The van der Waals surface area contributed by atoms with Crippen molar-refractivity contribution in [2.45, 2.75) is 52.9 Å². The highest BCUT2D eigenvalue weighted by atomic mass is 15.1. The third-order valence-electron chi connectivity index (χ3n) is 4.03. The summed E-state index contributed by atoms with van der Waals surface area (Å²) in [4.78, 5) is 2.61. The predicted molar refractivity (Wildman–Crippen MR) is 81.0 cm³/mol. The van der Waals surface area contributed by atoms with Crippen LogP contribution in [-0.2, 0) is 0 Å². The Balaban J connectivity index is 2.12. The maximum atomic E-state index is 8.65. The van der Waals surface area contributed by atoms with Gasteiger partial charge in [-0.2, -0.15) is 5.26 Å². The standard InChI is InChI=1S/C16H31N3/c1-15(13-19-10-5-4-6-11-19)12-18-14-16(2,3)8-7-9-17/h15,18H,4-8,10-14H2,1-3H3. The van der Waals surface area contributed by atoms with E-state index in [1.54, 1.807) is 0 Å². The Morgan fingerprint density at radius 3 is 2.58 bits per heavy atom. The van der Waals surface area contributed by atoms with Gasteiger partial charge in [0, 0.05) is 19.5 Å². The summed E-state index contributed by atoms with van der Waals surface area (Å²) in [5.74, 6) is 0.713. The summed E-state index contributed by atoms with van der Waals surface area (Å²) in [6.45, 7) is 12.7. The second-order valence-electron chi connectivity index (χ2n) is 6.92. The van der Waals surface area contributed by atoms with Crippen LogP contribution in [0.2, 0.25) is 0 Å². The Labute approximate surface area is 119 Å². The largest absolute Gasteiger partial charge is 0.316 e. The molecule has 0 radical (unpaired) electrons. The number of nitrogens with one attached hydrogen (secondary N) is 1. The second-order valence-corrected chi connectivity index (χ2v) is 6.92. The van der Waals surface area contributed by atoms with Crippen LogP contribution >= 0.6 is 0 Å². The van der Waals surface area contributed by atoms with Gasteiger partial charge >= 0.3 is 0 Å². The molecule has 1 atom stereocenters. The zero-order valence-corrected chi connectivity index (χ0v) is 13.0. The lowest BCUT2D eigenvalue weighted by Crippen LogP contribution is -2.38. The zero-order valence-electron chi connectivity index (χ0n) is 13.0. The Bertz CT molecular complexity index is 274. The average Bonchev–Trinajstić information content (AvgIpc) is 2.37. The molecule has 0 aromatic carbocycles. The fourth-order valence-corrected chi connectivity index (χ4v) is 2.79. The van der Waals surface area contributed by atoms with Crippen molar-refractivity contribution in [1.29, 1.82) is 5.26 Å². The van der Waals surface area contributed by atoms with Crippen LogP contribution < -0.4 is 5.32 Å². The maximum absolute atomic E-state index is 8.65. The number of hydrogen-bond donors (Lipinski definition) is 1. The molecule has 3 heteroatoms. The molecule has 110 valence electrons. The molecule has 1 rings (SSSR count). The Hall–Kier alpha value is -0.590. The van der Waals surface area contributed by atoms with Gasteiger partial charge in [-0.15, -0.1) is 0 Å². The normalized spacial score (nSPS) is 19.1. The first kappa shape index (κ1) is 16.5. The van der Waals surface area contributed by atoms with E-state index >= 15 is 0 Å². The van der Waals surface area contributed by atoms with Crippen molar-refractivity contribution >= 4 is 0 Å². The molecule has 0 bridgehead atoms. The molecule has 1 unspecified atom stereocenters. The first-order valence-electron chi connectivity index (χ1n) is 7.83. The smallest absolute Gasteiger partial charge is 0.0621 e. The number of likely N-dealkylation sites (tertiary alicyclic amines) is 1. The van der Waals surface area contributed by atoms with Gasteiger partial charge in [-0.1, -0.05) is 27.2 Å². The minimum Gasteiger partial charge on any atom is -0.316 e. The lowest BCUT2D eigenvalue weighted by Gasteiger charge is -2.30. The van der Waals surface area contributed by atoms with Crippen LogP contribution in [0.3, 0.4) is 0 Å². The van der Waals surface area contributed by atoms with E-state index in [0.29, 0.717) is 12.3 Å². The van der Waals surface area contributed by atoms with Crippen LogP contribution in [-0.4, -0.2) is 37.6 Å². The first-order valence-corrected chi connectivity index (χ1v) is 7.83. The zero-order chi connectivity index (χ0) is 14.1. The van der Waals surface area contributed by atoms with E-state index < -0.39 is 0 Å². The van der Waals surface area contributed by atoms with Crippen LogP contribution in [0.5, 0.6) is 0 Å². The molecule has 1 N–H and O–H groups in total. The molecule has 1 aliphatic heterocycles. The maximum Gasteiger partial charge on any atom is 0.0621 e. The Morgan fingerprint density at radius 1 is 1.26 bits per heavy atom. The molecule has 3 nitrogen and oxygen atoms in total. The number of rotatable bonds is 8. The van der Waals surface area contributed by atoms with Crippen molar-refractivity contribution in [2.75, 3.05) is 32.7 Å². The molecule has 1 aliphatic rings. The van der Waals surface area contributed by atoms with Crippen molar-refractivity contribution in [2.24, 2.45) is 11.3 Å². The van der Waals surface area contributed by atoms with Gasteiger partial charge in [-0.05, 0) is 50.2 Å². The lowest BCUT2D eigenvalue weighted by molar-refractivity contribution is 0.196. The van der Waals surface area contributed by atoms with E-state index in [2.05, 4.69) is 37.1 Å². The van der Waals surface area contributed by atoms with Crippen molar-refractivity contribution in [3.8, 4) is 6.07 Å². The number of hydrogen-bond acceptors (Lipinski definition) is 3. The summed E-state index contributed by atoms with van der Waals surface area (Å²) in [5.41, 5.74) is 0.237. The van der Waals surface area contributed by atoms with Gasteiger partial charge in [0.05, 0.1) is 6.07 Å². The Kier molecular flexibility index (Phi) is 7.41. The molecule has 1 saturated heterocycles. The van der Waals surface area contributed by atoms with Crippen molar-refractivity contribution in [1.82, 2.24) is 10.2 Å². The molecule has 0 aromatic heterocycles. The molecular formula is C16H31N3. The van der Waals surface area contributed by atoms with Crippen molar-refractivity contribution < 1.29 is 0 Å². The minimum absolute atomic E-state index is 0.237. The molecule has 0 aromatic rings. The van der Waals surface area contributed by atoms with Gasteiger partial charge in [0.2, 0.25) is 0 Å². The quantitative estimate of drug-likeness (QED) is 0.733. The van der Waals surface area contributed by atoms with Crippen LogP contribution in [0.1, 0.15) is 52.9 Å². The predicted octanol–water partition coefficient (Wildman–Crippen LogP) is 3.03. The van der Waals surface area contributed by atoms with E-state index in [1.165, 1.54) is 38.9 Å². The number of piperidine rings is 1. The molecule has 1 heterocycles. The molecule has 1 fully saturated rings. The molecule has 19 heavy (non-hydrogen) atoms. The highest BCUT2D eigenvalue weighted by Crippen LogP contribution is 2.20. The third-order valence-corrected chi connectivity index (χ3v) is 4.03. The molecule has 0 spiro atoms. The fourth-order valence-electron chi connectivity index (χ4n) is 2.79. The molecule has 0 amide bonds. The van der Waals surface area contributed by atoms with Gasteiger partial charge in [0.1, 0.15) is 0 Å². The summed E-state index contributed by atoms with van der Waals surface area (Å²) in [6, 6.07) is 2.24. The minimum atomic E-state index is 0.237. The summed E-state index contributed by atoms with van der Waals surface area (Å²) in [5, 5.41) is 12.2. The Morgan fingerprint density at radius 2 is 1.95 bits per heavy atom. The molecule has 0 saturated carbocycles. The van der Waals surface area contributed by atoms with E-state index in [4.69, 9.17) is 5.26 Å². The summed E-state index contributed by atoms with van der Waals surface area (Å²) in [6.07, 6.45) is 5.81. The first-order chi connectivity index (χ1) is 9.03. The average molecular weight is 265 g/mol. The van der Waals surface area contributed by atoms with Crippen LogP contribution in [0.15, 0.2) is 0 Å². The highest BCUT2D eigenvalue weighted by Gasteiger charge is 2.18. The molecular weight excluding hydrogens is 234 g/mol. The van der Waals surface area contributed by atoms with E-state index in [9.17, 15) is 0 Å². The summed E-state index contributed by atoms with van der Waals surface area (Å²) >= 11 is 0. The van der Waals surface area contributed by atoms with E-state index in [1.807, 2.05) is 0 Å². The van der Waals surface area contributed by atoms with Crippen LogP contribution in [0, 0.1) is 22.7 Å². The van der Waals surface area contributed by atoms with E-state index in [-0.39, 0.29) is 5.41 Å². The van der Waals surface area contributed by atoms with Crippen molar-refractivity contribution in [3.63, 3.8) is 0 Å². The topological polar surface area (TPSA) is 39.1 Å². The van der Waals surface area contributed by atoms with E-state index in [0.717, 1.165) is 19.5 Å². The molecule has 0 aliphatic carbocycles. The lowest BCUT2D eigenvalue weighted by atomic mass is 9.88. The van der Waals surface area contributed by atoms with Gasteiger partial charge in [0.25, 0.3) is 0 Å². The summed E-state index contributed by atoms with van der Waals surface area (Å²) in [7, 11) is 0. The number of nitrogens with zero attached hydrogens (tertiary/aromatic N) is 2. The van der Waals surface area contributed by atoms with Gasteiger partial charge in [0.15, 0.2) is 0 Å². The highest BCUT2D eigenvalue weighted by molar-refractivity contribution is 4.79. The van der Waals surface area contributed by atoms with Gasteiger partial charge < -0.3 is 10.2 Å². The van der Waals surface area contributed by atoms with Crippen LogP contribution in [0.25, 0.3) is 0 Å². The van der Waals surface area contributed by atoms with Gasteiger partial charge in [-0.3, -0.25) is 0 Å².